The molecule has 1 rings (SSSR count). The number of carboxylic acid groups (broad SMARTS) is 1. The molecule has 0 fully saturated rings. The first kappa shape index (κ1) is 13.9. The summed E-state index contributed by atoms with van der Waals surface area (Å²) >= 11 is 4.85. The average Bonchev–Trinajstić information content (AvgIpc) is 2.47. The Morgan fingerprint density at radius 2 is 2.36 bits per heavy atom. The van der Waals surface area contributed by atoms with Gasteiger partial charge in [-0.15, -0.1) is 23.7 Å². The van der Waals surface area contributed by atoms with Crippen LogP contribution < -0.4 is 5.73 Å². The largest absolute Gasteiger partial charge is 0.481 e. The van der Waals surface area contributed by atoms with Gasteiger partial charge in [-0.2, -0.15) is 0 Å². The van der Waals surface area contributed by atoms with Crippen LogP contribution in [-0.4, -0.2) is 17.6 Å². The van der Waals surface area contributed by atoms with E-state index in [4.69, 9.17) is 10.8 Å². The normalized spacial score (nSPS) is 11.9. The third-order valence-corrected chi connectivity index (χ3v) is 3.55. The summed E-state index contributed by atoms with van der Waals surface area (Å²) in [6.45, 7) is 0.374. The molecule has 1 heterocycles. The van der Waals surface area contributed by atoms with Crippen molar-refractivity contribution in [3.63, 3.8) is 0 Å². The van der Waals surface area contributed by atoms with Gasteiger partial charge in [0.25, 0.3) is 0 Å². The number of nitrogens with two attached hydrogens (primary N) is 1. The molecule has 0 aromatic carbocycles. The van der Waals surface area contributed by atoms with Crippen LogP contribution in [0.3, 0.4) is 0 Å². The molecule has 0 amide bonds. The smallest absolute Gasteiger partial charge is 0.304 e. The van der Waals surface area contributed by atoms with E-state index in [0.717, 1.165) is 9.35 Å². The number of hydrogen-bond donors (Lipinski definition) is 2. The Balaban J connectivity index is 0.00000169. The molecule has 80 valence electrons. The fraction of sp³-hybridized carbons (Fsp3) is 0.375. The van der Waals surface area contributed by atoms with E-state index in [-0.39, 0.29) is 24.7 Å². The zero-order valence-corrected chi connectivity index (χ0v) is 10.5. The molecule has 0 bridgehead atoms. The Bertz CT molecular complexity index is 305. The van der Waals surface area contributed by atoms with Crippen molar-refractivity contribution in [3.05, 3.63) is 20.8 Å². The molecule has 0 saturated heterocycles. The molecule has 1 aromatic rings. The van der Waals surface area contributed by atoms with Crippen molar-refractivity contribution < 1.29 is 9.90 Å². The lowest BCUT2D eigenvalue weighted by Crippen LogP contribution is -2.15. The van der Waals surface area contributed by atoms with Gasteiger partial charge in [0.05, 0.1) is 6.42 Å². The van der Waals surface area contributed by atoms with Gasteiger partial charge in [0.15, 0.2) is 0 Å². The van der Waals surface area contributed by atoms with E-state index in [9.17, 15) is 4.79 Å². The third-order valence-electron chi connectivity index (χ3n) is 1.70. The molecule has 14 heavy (non-hydrogen) atoms. The summed E-state index contributed by atoms with van der Waals surface area (Å²) in [5.74, 6) is -0.867. The quantitative estimate of drug-likeness (QED) is 0.898. The van der Waals surface area contributed by atoms with Crippen LogP contribution >= 0.6 is 39.7 Å². The average molecular weight is 301 g/mol. The molecule has 0 spiro atoms. The van der Waals surface area contributed by atoms with Crippen molar-refractivity contribution in [2.45, 2.75) is 12.3 Å². The maximum Gasteiger partial charge on any atom is 0.304 e. The Morgan fingerprint density at radius 3 is 2.71 bits per heavy atom. The van der Waals surface area contributed by atoms with E-state index < -0.39 is 5.97 Å². The molecular weight excluding hydrogens is 290 g/mol. The molecule has 1 aromatic heterocycles. The minimum absolute atomic E-state index is 0. The Morgan fingerprint density at radius 1 is 1.71 bits per heavy atom. The number of aliphatic carboxylic acids is 1. The van der Waals surface area contributed by atoms with Crippen molar-refractivity contribution in [2.75, 3.05) is 6.54 Å². The Labute approximate surface area is 101 Å². The fourth-order valence-electron chi connectivity index (χ4n) is 1.05. The van der Waals surface area contributed by atoms with Gasteiger partial charge in [-0.1, -0.05) is 0 Å². The molecule has 3 nitrogen and oxygen atoms in total. The highest BCUT2D eigenvalue weighted by Crippen LogP contribution is 2.28. The first-order chi connectivity index (χ1) is 6.13. The predicted molar refractivity (Wildman–Crippen MR) is 63.3 cm³/mol. The minimum atomic E-state index is -0.806. The van der Waals surface area contributed by atoms with Crippen LogP contribution in [-0.2, 0) is 4.79 Å². The lowest BCUT2D eigenvalue weighted by atomic mass is 10.0. The van der Waals surface area contributed by atoms with E-state index in [0.29, 0.717) is 6.54 Å². The molecule has 6 heteroatoms. The van der Waals surface area contributed by atoms with Crippen molar-refractivity contribution in [1.82, 2.24) is 0 Å². The summed E-state index contributed by atoms with van der Waals surface area (Å²) in [4.78, 5) is 11.5. The lowest BCUT2D eigenvalue weighted by molar-refractivity contribution is -0.137. The van der Waals surface area contributed by atoms with Crippen molar-refractivity contribution in [3.8, 4) is 0 Å². The van der Waals surface area contributed by atoms with Crippen LogP contribution in [0.1, 0.15) is 17.2 Å². The maximum atomic E-state index is 10.5. The lowest BCUT2D eigenvalue weighted by Gasteiger charge is -2.08. The standard InChI is InChI=1S/C8H10BrNO2S.ClH/c9-6-2-7(13-4-6)5(3-10)1-8(11)12;/h2,4-5H,1,3,10H2,(H,11,12);1H. The number of rotatable bonds is 4. The number of thiophene rings is 1. The summed E-state index contributed by atoms with van der Waals surface area (Å²) in [5, 5.41) is 10.6. The predicted octanol–water partition coefficient (Wildman–Crippen LogP) is 2.45. The third kappa shape index (κ3) is 3.96. The topological polar surface area (TPSA) is 63.3 Å². The first-order valence-corrected chi connectivity index (χ1v) is 5.46. The molecule has 0 saturated carbocycles. The summed E-state index contributed by atoms with van der Waals surface area (Å²) in [6.07, 6.45) is 0.101. The van der Waals surface area contributed by atoms with E-state index >= 15 is 0 Å². The van der Waals surface area contributed by atoms with Crippen LogP contribution in [0, 0.1) is 0 Å². The summed E-state index contributed by atoms with van der Waals surface area (Å²) in [6, 6.07) is 1.92. The Hall–Kier alpha value is -0.100. The maximum absolute atomic E-state index is 10.5. The zero-order valence-electron chi connectivity index (χ0n) is 7.27. The second kappa shape index (κ2) is 6.40. The van der Waals surface area contributed by atoms with E-state index in [1.165, 1.54) is 11.3 Å². The summed E-state index contributed by atoms with van der Waals surface area (Å²) in [7, 11) is 0. The molecule has 0 aliphatic heterocycles. The molecule has 0 aliphatic carbocycles. The van der Waals surface area contributed by atoms with Gasteiger partial charge in [-0.25, -0.2) is 0 Å². The van der Waals surface area contributed by atoms with Gasteiger partial charge in [0.2, 0.25) is 0 Å². The number of carbonyl (C=O) groups is 1. The summed E-state index contributed by atoms with van der Waals surface area (Å²) < 4.78 is 0.983. The molecule has 1 unspecified atom stereocenters. The first-order valence-electron chi connectivity index (χ1n) is 3.79. The SMILES string of the molecule is Cl.NCC(CC(=O)O)c1cc(Br)cs1. The monoisotopic (exact) mass is 299 g/mol. The van der Waals surface area contributed by atoms with Crippen molar-refractivity contribution in [1.29, 1.82) is 0 Å². The van der Waals surface area contributed by atoms with Crippen molar-refractivity contribution in [2.24, 2.45) is 5.73 Å². The second-order valence-electron chi connectivity index (χ2n) is 2.70. The number of hydrogen-bond acceptors (Lipinski definition) is 3. The fourth-order valence-corrected chi connectivity index (χ4v) is 2.62. The number of halogens is 2. The Kier molecular flexibility index (Phi) is 6.35. The van der Waals surface area contributed by atoms with Gasteiger partial charge >= 0.3 is 5.97 Å². The molecule has 1 atom stereocenters. The number of carboxylic acids is 1. The van der Waals surface area contributed by atoms with E-state index in [1.807, 2.05) is 11.4 Å². The van der Waals surface area contributed by atoms with Crippen LogP contribution in [0.25, 0.3) is 0 Å². The van der Waals surface area contributed by atoms with Gasteiger partial charge < -0.3 is 10.8 Å². The second-order valence-corrected chi connectivity index (χ2v) is 4.56. The van der Waals surface area contributed by atoms with Crippen LogP contribution in [0.2, 0.25) is 0 Å². The molecule has 0 aliphatic rings. The zero-order chi connectivity index (χ0) is 9.84. The van der Waals surface area contributed by atoms with Crippen LogP contribution in [0.4, 0.5) is 0 Å². The van der Waals surface area contributed by atoms with Gasteiger partial charge in [0, 0.05) is 27.2 Å². The highest BCUT2D eigenvalue weighted by Gasteiger charge is 2.15. The van der Waals surface area contributed by atoms with Crippen molar-refractivity contribution >= 4 is 45.6 Å². The van der Waals surface area contributed by atoms with Gasteiger partial charge in [-0.3, -0.25) is 4.79 Å². The molecular formula is C8H11BrClNO2S. The minimum Gasteiger partial charge on any atom is -0.481 e. The van der Waals surface area contributed by atoms with E-state index in [1.54, 1.807) is 0 Å². The highest BCUT2D eigenvalue weighted by atomic mass is 79.9. The van der Waals surface area contributed by atoms with Crippen LogP contribution in [0.15, 0.2) is 15.9 Å². The molecule has 3 N–H and O–H groups in total. The van der Waals surface area contributed by atoms with E-state index in [2.05, 4.69) is 15.9 Å². The van der Waals surface area contributed by atoms with Gasteiger partial charge in [0.1, 0.15) is 0 Å². The van der Waals surface area contributed by atoms with Gasteiger partial charge in [-0.05, 0) is 22.0 Å². The molecule has 0 radical (unpaired) electrons. The summed E-state index contributed by atoms with van der Waals surface area (Å²) in [5.41, 5.74) is 5.49. The van der Waals surface area contributed by atoms with Crippen LogP contribution in [0.5, 0.6) is 0 Å². The highest BCUT2D eigenvalue weighted by molar-refractivity contribution is 9.10.